The first kappa shape index (κ1) is 21.6. The fourth-order valence-electron chi connectivity index (χ4n) is 3.78. The van der Waals surface area contributed by atoms with E-state index in [2.05, 4.69) is 16.0 Å². The maximum Gasteiger partial charge on any atom is 0.408 e. The van der Waals surface area contributed by atoms with Gasteiger partial charge in [-0.15, -0.1) is 0 Å². The molecule has 2 aliphatic rings. The molecule has 1 aromatic carbocycles. The lowest BCUT2D eigenvalue weighted by atomic mass is 10.0. The number of benzene rings is 1. The van der Waals surface area contributed by atoms with Gasteiger partial charge in [0.2, 0.25) is 11.8 Å². The Bertz CT molecular complexity index is 836. The van der Waals surface area contributed by atoms with Crippen LogP contribution in [0.3, 0.4) is 0 Å². The molecule has 2 aliphatic heterocycles. The summed E-state index contributed by atoms with van der Waals surface area (Å²) in [5, 5.41) is 8.26. The van der Waals surface area contributed by atoms with Crippen LogP contribution in [0.15, 0.2) is 30.3 Å². The van der Waals surface area contributed by atoms with Gasteiger partial charge in [-0.3, -0.25) is 14.4 Å². The quantitative estimate of drug-likeness (QED) is 0.671. The normalized spacial score (nSPS) is 25.9. The molecule has 0 saturated carbocycles. The van der Waals surface area contributed by atoms with Crippen molar-refractivity contribution in [3.05, 3.63) is 35.9 Å². The molecule has 162 valence electrons. The van der Waals surface area contributed by atoms with Crippen LogP contribution >= 0.6 is 0 Å². The number of piperazine rings is 1. The van der Waals surface area contributed by atoms with Gasteiger partial charge in [0.15, 0.2) is 0 Å². The van der Waals surface area contributed by atoms with Crippen LogP contribution in [-0.4, -0.2) is 65.0 Å². The number of hydrogen-bond donors (Lipinski definition) is 3. The molecule has 4 unspecified atom stereocenters. The highest BCUT2D eigenvalue weighted by atomic mass is 16.6. The van der Waals surface area contributed by atoms with Crippen molar-refractivity contribution in [1.82, 2.24) is 20.9 Å². The highest BCUT2D eigenvalue weighted by Crippen LogP contribution is 2.25. The first-order valence-corrected chi connectivity index (χ1v) is 10.1. The van der Waals surface area contributed by atoms with E-state index in [0.717, 1.165) is 0 Å². The molecular formula is C21H28N4O5. The number of nitrogens with one attached hydrogen (secondary N) is 3. The van der Waals surface area contributed by atoms with E-state index in [1.165, 1.54) is 4.90 Å². The van der Waals surface area contributed by atoms with Gasteiger partial charge in [0, 0.05) is 12.1 Å². The minimum absolute atomic E-state index is 0.118. The summed E-state index contributed by atoms with van der Waals surface area (Å²) >= 11 is 0. The largest absolute Gasteiger partial charge is 0.444 e. The molecule has 0 spiro atoms. The van der Waals surface area contributed by atoms with Gasteiger partial charge >= 0.3 is 6.09 Å². The SMILES string of the molecule is CCC1NC(=O)C2C(NC(=O)OC(C)(C)C)C(NC(=O)c3ccccc3)CN2C1=O. The smallest absolute Gasteiger partial charge is 0.408 e. The molecule has 3 N–H and O–H groups in total. The molecule has 0 bridgehead atoms. The molecule has 4 atom stereocenters. The highest BCUT2D eigenvalue weighted by molar-refractivity contribution is 5.99. The van der Waals surface area contributed by atoms with E-state index in [9.17, 15) is 19.2 Å². The molecule has 4 amide bonds. The van der Waals surface area contributed by atoms with Crippen LogP contribution in [0.4, 0.5) is 4.79 Å². The molecule has 0 aromatic heterocycles. The molecular weight excluding hydrogens is 388 g/mol. The number of hydrogen-bond acceptors (Lipinski definition) is 5. The van der Waals surface area contributed by atoms with E-state index >= 15 is 0 Å². The Hall–Kier alpha value is -3.10. The highest BCUT2D eigenvalue weighted by Gasteiger charge is 2.53. The number of amides is 4. The Balaban J connectivity index is 1.85. The van der Waals surface area contributed by atoms with Crippen molar-refractivity contribution in [2.45, 2.75) is 63.9 Å². The Labute approximate surface area is 175 Å². The molecule has 9 heteroatoms. The first-order valence-electron chi connectivity index (χ1n) is 10.1. The maximum atomic E-state index is 12.8. The number of fused-ring (bicyclic) bond motifs is 1. The van der Waals surface area contributed by atoms with E-state index < -0.39 is 35.9 Å². The van der Waals surface area contributed by atoms with Crippen molar-refractivity contribution in [1.29, 1.82) is 0 Å². The molecule has 1 aromatic rings. The first-order chi connectivity index (χ1) is 14.1. The zero-order valence-corrected chi connectivity index (χ0v) is 17.6. The van der Waals surface area contributed by atoms with Gasteiger partial charge in [-0.2, -0.15) is 0 Å². The molecule has 3 rings (SSSR count). The van der Waals surface area contributed by atoms with Crippen molar-refractivity contribution in [2.75, 3.05) is 6.54 Å². The van der Waals surface area contributed by atoms with E-state index in [1.807, 2.05) is 6.92 Å². The second kappa shape index (κ2) is 8.33. The van der Waals surface area contributed by atoms with Crippen LogP contribution in [0.2, 0.25) is 0 Å². The lowest BCUT2D eigenvalue weighted by molar-refractivity contribution is -0.147. The van der Waals surface area contributed by atoms with E-state index in [4.69, 9.17) is 4.74 Å². The van der Waals surface area contributed by atoms with Gasteiger partial charge in [-0.05, 0) is 39.3 Å². The zero-order valence-electron chi connectivity index (χ0n) is 17.6. The van der Waals surface area contributed by atoms with Gasteiger partial charge in [0.25, 0.3) is 5.91 Å². The van der Waals surface area contributed by atoms with E-state index in [-0.39, 0.29) is 24.3 Å². The van der Waals surface area contributed by atoms with Gasteiger partial charge < -0.3 is 25.6 Å². The molecule has 2 saturated heterocycles. The molecule has 2 heterocycles. The Morgan fingerprint density at radius 1 is 1.17 bits per heavy atom. The average molecular weight is 416 g/mol. The molecule has 2 fully saturated rings. The number of alkyl carbamates (subject to hydrolysis) is 1. The van der Waals surface area contributed by atoms with Crippen LogP contribution < -0.4 is 16.0 Å². The van der Waals surface area contributed by atoms with Crippen molar-refractivity contribution in [3.8, 4) is 0 Å². The van der Waals surface area contributed by atoms with Gasteiger partial charge in [-0.1, -0.05) is 25.1 Å². The van der Waals surface area contributed by atoms with Crippen LogP contribution in [0.1, 0.15) is 44.5 Å². The zero-order chi connectivity index (χ0) is 22.1. The number of carbonyl (C=O) groups is 4. The third-order valence-corrected chi connectivity index (χ3v) is 5.11. The summed E-state index contributed by atoms with van der Waals surface area (Å²) in [7, 11) is 0. The minimum Gasteiger partial charge on any atom is -0.444 e. The summed E-state index contributed by atoms with van der Waals surface area (Å²) in [5.74, 6) is -0.940. The Morgan fingerprint density at radius 3 is 2.43 bits per heavy atom. The summed E-state index contributed by atoms with van der Waals surface area (Å²) in [6.07, 6.45) is -0.259. The van der Waals surface area contributed by atoms with Gasteiger partial charge in [0.05, 0.1) is 12.1 Å². The van der Waals surface area contributed by atoms with Crippen LogP contribution in [-0.2, 0) is 14.3 Å². The maximum absolute atomic E-state index is 12.8. The third-order valence-electron chi connectivity index (χ3n) is 5.11. The summed E-state index contributed by atoms with van der Waals surface area (Å²) in [6, 6.07) is 5.60. The van der Waals surface area contributed by atoms with Crippen molar-refractivity contribution in [3.63, 3.8) is 0 Å². The number of carbonyl (C=O) groups excluding carboxylic acids is 4. The Morgan fingerprint density at radius 2 is 1.83 bits per heavy atom. The van der Waals surface area contributed by atoms with Crippen LogP contribution in [0, 0.1) is 0 Å². The van der Waals surface area contributed by atoms with Gasteiger partial charge in [0.1, 0.15) is 17.7 Å². The van der Waals surface area contributed by atoms with E-state index in [0.29, 0.717) is 12.0 Å². The lowest BCUT2D eigenvalue weighted by Gasteiger charge is -2.36. The predicted octanol–water partition coefficient (Wildman–Crippen LogP) is 0.798. The molecule has 0 radical (unpaired) electrons. The topological polar surface area (TPSA) is 117 Å². The molecule has 0 aliphatic carbocycles. The fourth-order valence-corrected chi connectivity index (χ4v) is 3.78. The Kier molecular flexibility index (Phi) is 6.00. The van der Waals surface area contributed by atoms with Crippen LogP contribution in [0.25, 0.3) is 0 Å². The van der Waals surface area contributed by atoms with Crippen LogP contribution in [0.5, 0.6) is 0 Å². The van der Waals surface area contributed by atoms with Crippen molar-refractivity contribution < 1.29 is 23.9 Å². The molecule has 30 heavy (non-hydrogen) atoms. The number of ether oxygens (including phenoxy) is 1. The summed E-state index contributed by atoms with van der Waals surface area (Å²) < 4.78 is 5.32. The van der Waals surface area contributed by atoms with Crippen molar-refractivity contribution >= 4 is 23.8 Å². The predicted molar refractivity (Wildman–Crippen MR) is 109 cm³/mol. The standard InChI is InChI=1S/C21H28N4O5/c1-5-13-19(28)25-11-14(23-17(26)12-9-7-6-8-10-12)15(16(25)18(27)22-13)24-20(29)30-21(2,3)4/h6-10,13-16H,5,11H2,1-4H3,(H,22,27)(H,23,26)(H,24,29). The average Bonchev–Trinajstić information content (AvgIpc) is 3.02. The van der Waals surface area contributed by atoms with Gasteiger partial charge in [-0.25, -0.2) is 4.79 Å². The summed E-state index contributed by atoms with van der Waals surface area (Å²) in [6.45, 7) is 7.11. The summed E-state index contributed by atoms with van der Waals surface area (Å²) in [5.41, 5.74) is -0.288. The fraction of sp³-hybridized carbons (Fsp3) is 0.524. The van der Waals surface area contributed by atoms with Crippen molar-refractivity contribution in [2.24, 2.45) is 0 Å². The minimum atomic E-state index is -0.922. The summed E-state index contributed by atoms with van der Waals surface area (Å²) in [4.78, 5) is 52.1. The number of rotatable bonds is 4. The second-order valence-electron chi connectivity index (χ2n) is 8.52. The van der Waals surface area contributed by atoms with E-state index in [1.54, 1.807) is 51.1 Å². The monoisotopic (exact) mass is 416 g/mol. The molecule has 9 nitrogen and oxygen atoms in total. The number of nitrogens with zero attached hydrogens (tertiary/aromatic N) is 1. The lowest BCUT2D eigenvalue weighted by Crippen LogP contribution is -2.65. The second-order valence-corrected chi connectivity index (χ2v) is 8.52. The third kappa shape index (κ3) is 4.55.